The molecule has 1 aliphatic carbocycles. The first-order valence-electron chi connectivity index (χ1n) is 10.1. The van der Waals surface area contributed by atoms with Gasteiger partial charge in [0.15, 0.2) is 0 Å². The number of nitrogens with one attached hydrogen (secondary N) is 2. The summed E-state index contributed by atoms with van der Waals surface area (Å²) in [5, 5.41) is 6.71. The SMILES string of the molecule is O=C1NC(CSC2CCNCC2)=NC2=CC(=NCC3CCOCC3)C=C(F)C12. The molecule has 0 aromatic rings. The van der Waals surface area contributed by atoms with Crippen molar-refractivity contribution in [3.05, 3.63) is 23.7 Å². The third-order valence-corrected chi connectivity index (χ3v) is 6.94. The molecule has 0 spiro atoms. The van der Waals surface area contributed by atoms with Crippen molar-refractivity contribution >= 4 is 29.2 Å². The van der Waals surface area contributed by atoms with E-state index in [2.05, 4.69) is 20.6 Å². The molecule has 0 aromatic carbocycles. The summed E-state index contributed by atoms with van der Waals surface area (Å²) in [5.74, 6) is -0.0117. The van der Waals surface area contributed by atoms with Gasteiger partial charge in [-0.2, -0.15) is 11.8 Å². The molecule has 3 heterocycles. The van der Waals surface area contributed by atoms with Gasteiger partial charge in [-0.05, 0) is 56.8 Å². The number of hydrogen-bond acceptors (Lipinski definition) is 6. The third kappa shape index (κ3) is 4.90. The predicted molar refractivity (Wildman–Crippen MR) is 111 cm³/mol. The molecule has 0 saturated carbocycles. The highest BCUT2D eigenvalue weighted by Crippen LogP contribution is 2.31. The second-order valence-corrected chi connectivity index (χ2v) is 8.95. The molecular formula is C20H27FN4O2S. The van der Waals surface area contributed by atoms with E-state index in [0.717, 1.165) is 52.0 Å². The number of hydrogen-bond donors (Lipinski definition) is 2. The molecule has 0 aromatic heterocycles. The topological polar surface area (TPSA) is 75.1 Å². The van der Waals surface area contributed by atoms with Crippen molar-refractivity contribution in [3.8, 4) is 0 Å². The number of carbonyl (C=O) groups is 1. The van der Waals surface area contributed by atoms with Crippen molar-refractivity contribution in [1.29, 1.82) is 0 Å². The molecule has 6 nitrogen and oxygen atoms in total. The summed E-state index contributed by atoms with van der Waals surface area (Å²) < 4.78 is 19.9. The van der Waals surface area contributed by atoms with E-state index >= 15 is 0 Å². The van der Waals surface area contributed by atoms with Crippen LogP contribution in [0.25, 0.3) is 0 Å². The van der Waals surface area contributed by atoms with Gasteiger partial charge in [0.2, 0.25) is 5.91 Å². The second-order valence-electron chi connectivity index (χ2n) is 7.66. The van der Waals surface area contributed by atoms with Gasteiger partial charge in [0, 0.05) is 25.0 Å². The fourth-order valence-electron chi connectivity index (χ4n) is 3.88. The zero-order valence-electron chi connectivity index (χ0n) is 16.0. The fourth-order valence-corrected chi connectivity index (χ4v) is 4.98. The maximum absolute atomic E-state index is 14.6. The Hall–Kier alpha value is -1.51. The molecule has 2 N–H and O–H groups in total. The van der Waals surface area contributed by atoms with Crippen molar-refractivity contribution in [1.82, 2.24) is 10.6 Å². The largest absolute Gasteiger partial charge is 0.381 e. The molecule has 4 rings (SSSR count). The van der Waals surface area contributed by atoms with E-state index in [1.807, 2.05) is 11.8 Å². The van der Waals surface area contributed by atoms with Crippen LogP contribution >= 0.6 is 11.8 Å². The Morgan fingerprint density at radius 2 is 2.00 bits per heavy atom. The molecule has 28 heavy (non-hydrogen) atoms. The van der Waals surface area contributed by atoms with Crippen LogP contribution < -0.4 is 10.6 Å². The first kappa shape index (κ1) is 19.8. The standard InChI is InChI=1S/C20H27FN4O2S/c21-16-9-14(23-11-13-3-7-27-8-4-13)10-17-19(16)20(26)25-18(24-17)12-28-15-1-5-22-6-2-15/h9-10,13,15,19,22H,1-8,11-12H2,(H,24,25,26). The number of amidine groups is 1. The Morgan fingerprint density at radius 1 is 1.21 bits per heavy atom. The zero-order valence-corrected chi connectivity index (χ0v) is 16.8. The number of fused-ring (bicyclic) bond motifs is 1. The molecule has 1 unspecified atom stereocenters. The molecule has 8 heteroatoms. The number of nitrogens with zero attached hydrogens (tertiary/aromatic N) is 2. The summed E-state index contributed by atoms with van der Waals surface area (Å²) in [4.78, 5) is 21.6. The number of aliphatic imine (C=N–C) groups is 2. The number of piperidine rings is 1. The predicted octanol–water partition coefficient (Wildman–Crippen LogP) is 2.23. The normalized spacial score (nSPS) is 28.3. The summed E-state index contributed by atoms with van der Waals surface area (Å²) in [7, 11) is 0. The monoisotopic (exact) mass is 406 g/mol. The highest BCUT2D eigenvalue weighted by Gasteiger charge is 2.35. The van der Waals surface area contributed by atoms with Crippen LogP contribution in [0.1, 0.15) is 25.7 Å². The summed E-state index contributed by atoms with van der Waals surface area (Å²) in [6.07, 6.45) is 7.36. The van der Waals surface area contributed by atoms with Crippen LogP contribution in [0.2, 0.25) is 0 Å². The molecule has 152 valence electrons. The number of rotatable bonds is 5. The molecule has 1 atom stereocenters. The molecule has 0 radical (unpaired) electrons. The average Bonchev–Trinajstić information content (AvgIpc) is 2.72. The van der Waals surface area contributed by atoms with E-state index in [0.29, 0.717) is 40.7 Å². The van der Waals surface area contributed by atoms with E-state index in [-0.39, 0.29) is 5.91 Å². The van der Waals surface area contributed by atoms with Crippen LogP contribution in [0.4, 0.5) is 4.39 Å². The van der Waals surface area contributed by atoms with Gasteiger partial charge in [-0.25, -0.2) is 9.38 Å². The van der Waals surface area contributed by atoms with Crippen molar-refractivity contribution in [2.45, 2.75) is 30.9 Å². The minimum atomic E-state index is -0.935. The lowest BCUT2D eigenvalue weighted by Gasteiger charge is -2.27. The van der Waals surface area contributed by atoms with Gasteiger partial charge in [0.05, 0.1) is 17.2 Å². The van der Waals surface area contributed by atoms with Gasteiger partial charge < -0.3 is 15.4 Å². The van der Waals surface area contributed by atoms with Crippen molar-refractivity contribution in [2.24, 2.45) is 21.8 Å². The molecular weight excluding hydrogens is 379 g/mol. The van der Waals surface area contributed by atoms with Crippen LogP contribution in [0.5, 0.6) is 0 Å². The Morgan fingerprint density at radius 3 is 2.79 bits per heavy atom. The summed E-state index contributed by atoms with van der Waals surface area (Å²) in [6.45, 7) is 4.27. The van der Waals surface area contributed by atoms with Crippen LogP contribution in [0.15, 0.2) is 33.7 Å². The molecule has 0 bridgehead atoms. The number of ether oxygens (including phenoxy) is 1. The molecule has 4 aliphatic rings. The summed E-state index contributed by atoms with van der Waals surface area (Å²) in [6, 6.07) is 0. The Balaban J connectivity index is 1.43. The van der Waals surface area contributed by atoms with Crippen molar-refractivity contribution in [2.75, 3.05) is 38.6 Å². The first-order chi connectivity index (χ1) is 13.7. The van der Waals surface area contributed by atoms with Gasteiger partial charge in [-0.1, -0.05) is 0 Å². The van der Waals surface area contributed by atoms with Crippen LogP contribution in [0.3, 0.4) is 0 Å². The van der Waals surface area contributed by atoms with Gasteiger partial charge in [0.1, 0.15) is 17.6 Å². The summed E-state index contributed by atoms with van der Waals surface area (Å²) >= 11 is 1.81. The second kappa shape index (κ2) is 9.33. The Labute approximate surface area is 169 Å². The minimum absolute atomic E-state index is 0.334. The maximum Gasteiger partial charge on any atom is 0.241 e. The minimum Gasteiger partial charge on any atom is -0.381 e. The maximum atomic E-state index is 14.6. The Bertz CT molecular complexity index is 722. The highest BCUT2D eigenvalue weighted by molar-refractivity contribution is 8.00. The summed E-state index contributed by atoms with van der Waals surface area (Å²) in [5.41, 5.74) is 1.04. The van der Waals surface area contributed by atoms with Crippen molar-refractivity contribution in [3.63, 3.8) is 0 Å². The van der Waals surface area contributed by atoms with Crippen LogP contribution in [-0.4, -0.2) is 61.3 Å². The number of thioether (sulfide) groups is 1. The van der Waals surface area contributed by atoms with E-state index in [9.17, 15) is 9.18 Å². The van der Waals surface area contributed by atoms with Crippen LogP contribution in [0, 0.1) is 11.8 Å². The quantitative estimate of drug-likeness (QED) is 0.734. The lowest BCUT2D eigenvalue weighted by atomic mass is 9.94. The zero-order chi connectivity index (χ0) is 19.3. The average molecular weight is 407 g/mol. The first-order valence-corrected chi connectivity index (χ1v) is 11.2. The number of halogens is 1. The van der Waals surface area contributed by atoms with E-state index in [1.165, 1.54) is 6.08 Å². The van der Waals surface area contributed by atoms with Gasteiger partial charge >= 0.3 is 0 Å². The number of carbonyl (C=O) groups excluding carboxylic acids is 1. The fraction of sp³-hybridized carbons (Fsp3) is 0.650. The van der Waals surface area contributed by atoms with Gasteiger partial charge in [-0.3, -0.25) is 9.79 Å². The highest BCUT2D eigenvalue weighted by atomic mass is 32.2. The van der Waals surface area contributed by atoms with E-state index < -0.39 is 11.7 Å². The van der Waals surface area contributed by atoms with Gasteiger partial charge in [-0.15, -0.1) is 0 Å². The smallest absolute Gasteiger partial charge is 0.241 e. The molecule has 1 amide bonds. The molecule has 2 fully saturated rings. The van der Waals surface area contributed by atoms with Crippen LogP contribution in [-0.2, 0) is 9.53 Å². The molecule has 3 aliphatic heterocycles. The molecule has 2 saturated heterocycles. The van der Waals surface area contributed by atoms with E-state index in [1.54, 1.807) is 6.08 Å². The van der Waals surface area contributed by atoms with Crippen molar-refractivity contribution < 1.29 is 13.9 Å². The lowest BCUT2D eigenvalue weighted by molar-refractivity contribution is -0.122. The lowest BCUT2D eigenvalue weighted by Crippen LogP contribution is -2.43. The number of amides is 1. The third-order valence-electron chi connectivity index (χ3n) is 5.56. The van der Waals surface area contributed by atoms with Gasteiger partial charge in [0.25, 0.3) is 0 Å². The number of allylic oxidation sites excluding steroid dienone is 2. The Kier molecular flexibility index (Phi) is 6.59. The van der Waals surface area contributed by atoms with E-state index in [4.69, 9.17) is 4.74 Å².